The summed E-state index contributed by atoms with van der Waals surface area (Å²) in [6.07, 6.45) is 1.63. The van der Waals surface area contributed by atoms with Gasteiger partial charge in [-0.2, -0.15) is 0 Å². The summed E-state index contributed by atoms with van der Waals surface area (Å²) < 4.78 is 0. The van der Waals surface area contributed by atoms with Gasteiger partial charge in [0.05, 0.1) is 11.6 Å². The highest BCUT2D eigenvalue weighted by Gasteiger charge is 2.46. The molecule has 0 radical (unpaired) electrons. The maximum atomic E-state index is 11.6. The number of hydrogen-bond acceptors (Lipinski definition) is 3. The van der Waals surface area contributed by atoms with Crippen molar-refractivity contribution in [2.24, 2.45) is 5.73 Å². The molecule has 1 aromatic heterocycles. The lowest BCUT2D eigenvalue weighted by Gasteiger charge is -2.15. The first-order valence-corrected chi connectivity index (χ1v) is 5.63. The van der Waals surface area contributed by atoms with E-state index in [1.165, 1.54) is 4.88 Å². The number of nitrogens with one attached hydrogen (secondary N) is 1. The van der Waals surface area contributed by atoms with E-state index in [4.69, 9.17) is 5.73 Å². The Bertz CT molecular complexity index is 330. The molecule has 3 N–H and O–H groups in total. The average molecular weight is 210 g/mol. The van der Waals surface area contributed by atoms with E-state index in [1.807, 2.05) is 24.4 Å². The monoisotopic (exact) mass is 210 g/mol. The van der Waals surface area contributed by atoms with Crippen molar-refractivity contribution in [3.63, 3.8) is 0 Å². The second-order valence-corrected chi connectivity index (χ2v) is 4.85. The fourth-order valence-corrected chi connectivity index (χ4v) is 2.05. The van der Waals surface area contributed by atoms with Crippen LogP contribution in [-0.4, -0.2) is 11.4 Å². The molecule has 14 heavy (non-hydrogen) atoms. The predicted octanol–water partition coefficient (Wildman–Crippen LogP) is 1.42. The molecule has 4 heteroatoms. The van der Waals surface area contributed by atoms with Gasteiger partial charge in [0.25, 0.3) is 0 Å². The van der Waals surface area contributed by atoms with E-state index in [0.29, 0.717) is 0 Å². The molecule has 2 rings (SSSR count). The van der Waals surface area contributed by atoms with Gasteiger partial charge < -0.3 is 11.1 Å². The Morgan fingerprint density at radius 3 is 2.93 bits per heavy atom. The van der Waals surface area contributed by atoms with Crippen LogP contribution in [0.5, 0.6) is 0 Å². The Morgan fingerprint density at radius 2 is 2.43 bits per heavy atom. The minimum Gasteiger partial charge on any atom is -0.347 e. The molecule has 1 aliphatic rings. The van der Waals surface area contributed by atoms with Gasteiger partial charge in [0.2, 0.25) is 5.91 Å². The smallest absolute Gasteiger partial charge is 0.240 e. The van der Waals surface area contributed by atoms with Crippen LogP contribution in [0.15, 0.2) is 17.5 Å². The molecule has 0 bridgehead atoms. The molecule has 1 saturated carbocycles. The summed E-state index contributed by atoms with van der Waals surface area (Å²) in [7, 11) is 0. The Balaban J connectivity index is 1.95. The maximum Gasteiger partial charge on any atom is 0.240 e. The van der Waals surface area contributed by atoms with Gasteiger partial charge in [-0.05, 0) is 31.2 Å². The van der Waals surface area contributed by atoms with Gasteiger partial charge in [0.15, 0.2) is 0 Å². The van der Waals surface area contributed by atoms with Crippen molar-refractivity contribution >= 4 is 17.2 Å². The predicted molar refractivity (Wildman–Crippen MR) is 57.0 cm³/mol. The Kier molecular flexibility index (Phi) is 2.33. The molecule has 1 fully saturated rings. The van der Waals surface area contributed by atoms with E-state index in [1.54, 1.807) is 11.3 Å². The molecule has 3 nitrogen and oxygen atoms in total. The normalized spacial score (nSPS) is 20.1. The van der Waals surface area contributed by atoms with Crippen molar-refractivity contribution in [2.45, 2.75) is 31.3 Å². The third-order valence-corrected chi connectivity index (χ3v) is 3.61. The number of rotatable bonds is 3. The first-order chi connectivity index (χ1) is 6.62. The summed E-state index contributed by atoms with van der Waals surface area (Å²) in [6, 6.07) is 4.08. The molecule has 76 valence electrons. The van der Waals surface area contributed by atoms with Crippen LogP contribution >= 0.6 is 11.3 Å². The maximum absolute atomic E-state index is 11.6. The van der Waals surface area contributed by atoms with E-state index in [2.05, 4.69) is 5.32 Å². The summed E-state index contributed by atoms with van der Waals surface area (Å²) in [5, 5.41) is 4.94. The van der Waals surface area contributed by atoms with Crippen LogP contribution < -0.4 is 11.1 Å². The minimum absolute atomic E-state index is 0.0154. The highest BCUT2D eigenvalue weighted by molar-refractivity contribution is 7.10. The van der Waals surface area contributed by atoms with Crippen LogP contribution in [0.3, 0.4) is 0 Å². The third-order valence-electron chi connectivity index (χ3n) is 2.56. The first kappa shape index (κ1) is 9.68. The lowest BCUT2D eigenvalue weighted by atomic mass is 10.2. The van der Waals surface area contributed by atoms with E-state index < -0.39 is 5.54 Å². The quantitative estimate of drug-likeness (QED) is 0.792. The van der Waals surface area contributed by atoms with Gasteiger partial charge in [-0.1, -0.05) is 6.07 Å². The number of thiophene rings is 1. The topological polar surface area (TPSA) is 55.1 Å². The molecule has 1 heterocycles. The largest absolute Gasteiger partial charge is 0.347 e. The fourth-order valence-electron chi connectivity index (χ4n) is 1.31. The van der Waals surface area contributed by atoms with E-state index in [0.717, 1.165) is 12.8 Å². The number of hydrogen-bond donors (Lipinski definition) is 2. The zero-order chi connectivity index (χ0) is 10.2. The second kappa shape index (κ2) is 3.37. The van der Waals surface area contributed by atoms with E-state index >= 15 is 0 Å². The zero-order valence-electron chi connectivity index (χ0n) is 8.12. The lowest BCUT2D eigenvalue weighted by molar-refractivity contribution is -0.123. The molecule has 0 aliphatic heterocycles. The van der Waals surface area contributed by atoms with E-state index in [-0.39, 0.29) is 11.9 Å². The molecule has 0 unspecified atom stereocenters. The SMILES string of the molecule is C[C@@H](NC(=O)C1(N)CC1)c1cccs1. The summed E-state index contributed by atoms with van der Waals surface area (Å²) in [4.78, 5) is 12.8. The van der Waals surface area contributed by atoms with Gasteiger partial charge in [0, 0.05) is 4.88 Å². The zero-order valence-corrected chi connectivity index (χ0v) is 8.93. The Labute approximate surface area is 87.3 Å². The van der Waals surface area contributed by atoms with Crippen LogP contribution in [0.4, 0.5) is 0 Å². The first-order valence-electron chi connectivity index (χ1n) is 4.75. The summed E-state index contributed by atoms with van der Waals surface area (Å²) in [5.74, 6) is -0.0154. The summed E-state index contributed by atoms with van der Waals surface area (Å²) in [5.41, 5.74) is 5.22. The average Bonchev–Trinajstić information content (AvgIpc) is 2.71. The van der Waals surface area contributed by atoms with E-state index in [9.17, 15) is 4.79 Å². The number of carbonyl (C=O) groups is 1. The van der Waals surface area contributed by atoms with Gasteiger partial charge in [-0.15, -0.1) is 11.3 Å². The third kappa shape index (κ3) is 1.81. The van der Waals surface area contributed by atoms with Crippen LogP contribution in [0.1, 0.15) is 30.7 Å². The lowest BCUT2D eigenvalue weighted by Crippen LogP contribution is -2.43. The molecule has 1 amide bonds. The Morgan fingerprint density at radius 1 is 1.71 bits per heavy atom. The molecule has 0 saturated heterocycles. The Hall–Kier alpha value is -0.870. The molecule has 1 aromatic rings. The number of nitrogens with two attached hydrogens (primary N) is 1. The number of amides is 1. The van der Waals surface area contributed by atoms with Crippen molar-refractivity contribution in [1.29, 1.82) is 0 Å². The summed E-state index contributed by atoms with van der Waals surface area (Å²) in [6.45, 7) is 1.98. The molecular weight excluding hydrogens is 196 g/mol. The fraction of sp³-hybridized carbons (Fsp3) is 0.500. The molecular formula is C10H14N2OS. The van der Waals surface area contributed by atoms with Gasteiger partial charge in [-0.25, -0.2) is 0 Å². The van der Waals surface area contributed by atoms with Gasteiger partial charge in [0.1, 0.15) is 0 Å². The standard InChI is InChI=1S/C10H14N2OS/c1-7(8-3-2-6-14-8)12-9(13)10(11)4-5-10/h2-3,6-7H,4-5,11H2,1H3,(H,12,13)/t7-/m1/s1. The van der Waals surface area contributed by atoms with Crippen LogP contribution in [0, 0.1) is 0 Å². The number of carbonyl (C=O) groups excluding carboxylic acids is 1. The highest BCUT2D eigenvalue weighted by atomic mass is 32.1. The van der Waals surface area contributed by atoms with Crippen LogP contribution in [0.25, 0.3) is 0 Å². The van der Waals surface area contributed by atoms with Crippen LogP contribution in [-0.2, 0) is 4.79 Å². The van der Waals surface area contributed by atoms with Gasteiger partial charge >= 0.3 is 0 Å². The highest BCUT2D eigenvalue weighted by Crippen LogP contribution is 2.33. The van der Waals surface area contributed by atoms with Gasteiger partial charge in [-0.3, -0.25) is 4.79 Å². The van der Waals surface area contributed by atoms with Crippen molar-refractivity contribution in [2.75, 3.05) is 0 Å². The molecule has 1 aliphatic carbocycles. The molecule has 0 aromatic carbocycles. The van der Waals surface area contributed by atoms with Crippen molar-refractivity contribution in [1.82, 2.24) is 5.32 Å². The minimum atomic E-state index is -0.564. The molecule has 1 atom stereocenters. The second-order valence-electron chi connectivity index (χ2n) is 3.87. The van der Waals surface area contributed by atoms with Crippen molar-refractivity contribution < 1.29 is 4.79 Å². The van der Waals surface area contributed by atoms with Crippen LogP contribution in [0.2, 0.25) is 0 Å². The van der Waals surface area contributed by atoms with Crippen molar-refractivity contribution in [3.05, 3.63) is 22.4 Å². The van der Waals surface area contributed by atoms with Crippen molar-refractivity contribution in [3.8, 4) is 0 Å². The molecule has 0 spiro atoms. The summed E-state index contributed by atoms with van der Waals surface area (Å²) >= 11 is 1.65.